The van der Waals surface area contributed by atoms with Crippen LogP contribution in [0, 0.1) is 17.7 Å². The smallest absolute Gasteiger partial charge is 0.223 e. The van der Waals surface area contributed by atoms with Crippen molar-refractivity contribution in [2.45, 2.75) is 19.9 Å². The fourth-order valence-electron chi connectivity index (χ4n) is 1.66. The molecule has 0 radical (unpaired) electrons. The number of amides is 1. The molecule has 1 aromatic carbocycles. The van der Waals surface area contributed by atoms with Gasteiger partial charge in [0.05, 0.1) is 5.02 Å². The molecule has 1 aliphatic rings. The Bertz CT molecular complexity index is 421. The van der Waals surface area contributed by atoms with Crippen molar-refractivity contribution in [2.24, 2.45) is 11.8 Å². The molecule has 0 saturated heterocycles. The van der Waals surface area contributed by atoms with Crippen molar-refractivity contribution in [1.82, 2.24) is 5.32 Å². The van der Waals surface area contributed by atoms with Gasteiger partial charge in [0.1, 0.15) is 5.82 Å². The van der Waals surface area contributed by atoms with Gasteiger partial charge in [0.25, 0.3) is 0 Å². The highest BCUT2D eigenvalue weighted by molar-refractivity contribution is 6.30. The van der Waals surface area contributed by atoms with Crippen molar-refractivity contribution in [3.8, 4) is 0 Å². The summed E-state index contributed by atoms with van der Waals surface area (Å²) in [5.41, 5.74) is 0.813. The van der Waals surface area contributed by atoms with Gasteiger partial charge in [0, 0.05) is 12.5 Å². The minimum atomic E-state index is -0.437. The number of hydrogen-bond donors (Lipinski definition) is 1. The molecule has 0 heterocycles. The van der Waals surface area contributed by atoms with Gasteiger partial charge in [-0.15, -0.1) is 0 Å². The van der Waals surface area contributed by atoms with Crippen LogP contribution in [-0.2, 0) is 11.3 Å². The number of carbonyl (C=O) groups excluding carboxylic acids is 1. The number of benzene rings is 1. The Morgan fingerprint density at radius 3 is 2.88 bits per heavy atom. The van der Waals surface area contributed by atoms with Gasteiger partial charge in [0.2, 0.25) is 5.91 Å². The molecule has 1 N–H and O–H groups in total. The third-order valence-corrected chi connectivity index (χ3v) is 3.19. The number of nitrogens with one attached hydrogen (secondary N) is 1. The van der Waals surface area contributed by atoms with Crippen molar-refractivity contribution in [3.63, 3.8) is 0 Å². The fraction of sp³-hybridized carbons (Fsp3) is 0.417. The summed E-state index contributed by atoms with van der Waals surface area (Å²) in [7, 11) is 0. The predicted octanol–water partition coefficient (Wildman–Crippen LogP) is 2.75. The second-order valence-corrected chi connectivity index (χ2v) is 4.69. The monoisotopic (exact) mass is 241 g/mol. The van der Waals surface area contributed by atoms with Gasteiger partial charge in [-0.25, -0.2) is 4.39 Å². The molecule has 0 unspecified atom stereocenters. The van der Waals surface area contributed by atoms with E-state index in [1.165, 1.54) is 12.1 Å². The number of halogens is 2. The van der Waals surface area contributed by atoms with Crippen LogP contribution >= 0.6 is 11.6 Å². The Hall–Kier alpha value is -1.09. The zero-order chi connectivity index (χ0) is 11.7. The van der Waals surface area contributed by atoms with Crippen LogP contribution in [0.3, 0.4) is 0 Å². The highest BCUT2D eigenvalue weighted by Crippen LogP contribution is 2.37. The van der Waals surface area contributed by atoms with Crippen LogP contribution in [-0.4, -0.2) is 5.91 Å². The molecule has 2 atom stereocenters. The maximum absolute atomic E-state index is 12.9. The lowest BCUT2D eigenvalue weighted by Crippen LogP contribution is -2.24. The Morgan fingerprint density at radius 1 is 1.62 bits per heavy atom. The largest absolute Gasteiger partial charge is 0.352 e. The average molecular weight is 242 g/mol. The Balaban J connectivity index is 1.89. The van der Waals surface area contributed by atoms with E-state index in [9.17, 15) is 9.18 Å². The molecule has 1 amide bonds. The molecule has 2 rings (SSSR count). The lowest BCUT2D eigenvalue weighted by Gasteiger charge is -2.05. The molecule has 0 spiro atoms. The molecule has 2 nitrogen and oxygen atoms in total. The minimum absolute atomic E-state index is 0.0768. The van der Waals surface area contributed by atoms with Crippen molar-refractivity contribution in [1.29, 1.82) is 0 Å². The minimum Gasteiger partial charge on any atom is -0.352 e. The van der Waals surface area contributed by atoms with Crippen molar-refractivity contribution in [3.05, 3.63) is 34.6 Å². The van der Waals surface area contributed by atoms with E-state index in [1.54, 1.807) is 6.07 Å². The van der Waals surface area contributed by atoms with E-state index in [-0.39, 0.29) is 16.8 Å². The predicted molar refractivity (Wildman–Crippen MR) is 60.5 cm³/mol. The summed E-state index contributed by atoms with van der Waals surface area (Å²) in [6, 6.07) is 4.47. The molecule has 0 aromatic heterocycles. The van der Waals surface area contributed by atoms with E-state index >= 15 is 0 Å². The quantitative estimate of drug-likeness (QED) is 0.866. The van der Waals surface area contributed by atoms with E-state index < -0.39 is 5.82 Å². The highest BCUT2D eigenvalue weighted by Gasteiger charge is 2.38. The van der Waals surface area contributed by atoms with E-state index in [0.717, 1.165) is 12.0 Å². The number of carbonyl (C=O) groups is 1. The first-order valence-corrected chi connectivity index (χ1v) is 5.67. The van der Waals surface area contributed by atoms with E-state index in [2.05, 4.69) is 12.2 Å². The fourth-order valence-corrected chi connectivity index (χ4v) is 1.86. The summed E-state index contributed by atoms with van der Waals surface area (Å²) in [5.74, 6) is 0.299. The van der Waals surface area contributed by atoms with Crippen LogP contribution in [0.1, 0.15) is 18.9 Å². The standard InChI is InChI=1S/C12H13ClFNO/c1-7-4-9(7)12(16)15-6-8-2-3-11(14)10(13)5-8/h2-3,5,7,9H,4,6H2,1H3,(H,15,16)/t7-,9-/m0/s1. The van der Waals surface area contributed by atoms with Gasteiger partial charge in [-0.3, -0.25) is 4.79 Å². The SMILES string of the molecule is C[C@H]1C[C@@H]1C(=O)NCc1ccc(F)c(Cl)c1. The van der Waals surface area contributed by atoms with Gasteiger partial charge in [-0.1, -0.05) is 24.6 Å². The van der Waals surface area contributed by atoms with Crippen LogP contribution in [0.15, 0.2) is 18.2 Å². The maximum Gasteiger partial charge on any atom is 0.223 e. The summed E-state index contributed by atoms with van der Waals surface area (Å²) in [4.78, 5) is 11.5. The zero-order valence-electron chi connectivity index (χ0n) is 8.97. The lowest BCUT2D eigenvalue weighted by molar-refractivity contribution is -0.122. The van der Waals surface area contributed by atoms with Gasteiger partial charge in [-0.05, 0) is 30.0 Å². The molecule has 0 bridgehead atoms. The molecule has 1 fully saturated rings. The van der Waals surface area contributed by atoms with Gasteiger partial charge in [0.15, 0.2) is 0 Å². The second-order valence-electron chi connectivity index (χ2n) is 4.29. The normalized spacial score (nSPS) is 22.9. The molecular weight excluding hydrogens is 229 g/mol. The molecule has 4 heteroatoms. The Labute approximate surface area is 98.8 Å². The number of rotatable bonds is 3. The van der Waals surface area contributed by atoms with E-state index in [4.69, 9.17) is 11.6 Å². The van der Waals surface area contributed by atoms with Crippen LogP contribution in [0.4, 0.5) is 4.39 Å². The zero-order valence-corrected chi connectivity index (χ0v) is 9.72. The van der Waals surface area contributed by atoms with Crippen molar-refractivity contribution < 1.29 is 9.18 Å². The number of hydrogen-bond acceptors (Lipinski definition) is 1. The maximum atomic E-state index is 12.9. The van der Waals surface area contributed by atoms with Gasteiger partial charge < -0.3 is 5.32 Å². The van der Waals surface area contributed by atoms with Crippen LogP contribution < -0.4 is 5.32 Å². The lowest BCUT2D eigenvalue weighted by atomic mass is 10.2. The van der Waals surface area contributed by atoms with Crippen molar-refractivity contribution >= 4 is 17.5 Å². The van der Waals surface area contributed by atoms with Crippen LogP contribution in [0.25, 0.3) is 0 Å². The Kier molecular flexibility index (Phi) is 3.15. The van der Waals surface area contributed by atoms with E-state index in [0.29, 0.717) is 12.5 Å². The third-order valence-electron chi connectivity index (χ3n) is 2.90. The molecule has 16 heavy (non-hydrogen) atoms. The molecule has 1 aromatic rings. The first kappa shape index (κ1) is 11.4. The summed E-state index contributed by atoms with van der Waals surface area (Å²) in [5, 5.41) is 2.91. The molecule has 1 aliphatic carbocycles. The average Bonchev–Trinajstić information content (AvgIpc) is 2.97. The van der Waals surface area contributed by atoms with Gasteiger partial charge in [-0.2, -0.15) is 0 Å². The third kappa shape index (κ3) is 2.53. The summed E-state index contributed by atoms with van der Waals surface area (Å²) in [6.45, 7) is 2.46. The second kappa shape index (κ2) is 4.42. The highest BCUT2D eigenvalue weighted by atomic mass is 35.5. The molecule has 1 saturated carbocycles. The van der Waals surface area contributed by atoms with Crippen LogP contribution in [0.5, 0.6) is 0 Å². The molecule has 86 valence electrons. The topological polar surface area (TPSA) is 29.1 Å². The van der Waals surface area contributed by atoms with Crippen molar-refractivity contribution in [2.75, 3.05) is 0 Å². The molecule has 0 aliphatic heterocycles. The van der Waals surface area contributed by atoms with E-state index in [1.807, 2.05) is 0 Å². The summed E-state index contributed by atoms with van der Waals surface area (Å²) < 4.78 is 12.9. The van der Waals surface area contributed by atoms with Crippen LogP contribution in [0.2, 0.25) is 5.02 Å². The first-order chi connectivity index (χ1) is 7.58. The summed E-state index contributed by atoms with van der Waals surface area (Å²) >= 11 is 5.64. The first-order valence-electron chi connectivity index (χ1n) is 5.29. The van der Waals surface area contributed by atoms with Gasteiger partial charge >= 0.3 is 0 Å². The Morgan fingerprint density at radius 2 is 2.31 bits per heavy atom. The summed E-state index contributed by atoms with van der Waals surface area (Å²) in [6.07, 6.45) is 0.968. The molecular formula is C12H13ClFNO.